The Labute approximate surface area is 193 Å². The van der Waals surface area contributed by atoms with Gasteiger partial charge in [-0.15, -0.1) is 0 Å². The monoisotopic (exact) mass is 447 g/mol. The van der Waals surface area contributed by atoms with Gasteiger partial charge >= 0.3 is 12.1 Å². The van der Waals surface area contributed by atoms with Gasteiger partial charge in [-0.25, -0.2) is 9.59 Å². The number of anilines is 1. The van der Waals surface area contributed by atoms with Gasteiger partial charge in [-0.05, 0) is 36.5 Å². The van der Waals surface area contributed by atoms with Crippen molar-refractivity contribution in [3.8, 4) is 0 Å². The molecule has 5 rings (SSSR count). The van der Waals surface area contributed by atoms with Crippen molar-refractivity contribution >= 4 is 23.5 Å². The number of piperidine rings is 1. The van der Waals surface area contributed by atoms with E-state index >= 15 is 0 Å². The number of ether oxygens (including phenoxy) is 1. The van der Waals surface area contributed by atoms with Crippen molar-refractivity contribution in [3.05, 3.63) is 71.9 Å². The van der Waals surface area contributed by atoms with Crippen molar-refractivity contribution in [2.24, 2.45) is 11.7 Å². The fourth-order valence-electron chi connectivity index (χ4n) is 5.27. The van der Waals surface area contributed by atoms with Crippen LogP contribution in [0.4, 0.5) is 15.3 Å². The zero-order valence-corrected chi connectivity index (χ0v) is 18.4. The molecule has 2 unspecified atom stereocenters. The highest BCUT2D eigenvalue weighted by atomic mass is 16.6. The van der Waals surface area contributed by atoms with Gasteiger partial charge in [0.1, 0.15) is 6.10 Å². The Morgan fingerprint density at radius 2 is 1.82 bits per heavy atom. The highest BCUT2D eigenvalue weighted by molar-refractivity contribution is 5.89. The van der Waals surface area contributed by atoms with Gasteiger partial charge in [0.25, 0.3) is 0 Å². The molecule has 0 aromatic heterocycles. The smallest absolute Gasteiger partial charge is 0.404 e. The molecule has 3 aliphatic rings. The largest absolute Gasteiger partial charge is 0.446 e. The minimum Gasteiger partial charge on any atom is -0.446 e. The van der Waals surface area contributed by atoms with Crippen LogP contribution >= 0.6 is 0 Å². The number of nitrogens with two attached hydrogens (primary N) is 1. The molecule has 1 fully saturated rings. The molecule has 0 saturated carbocycles. The van der Waals surface area contributed by atoms with Crippen LogP contribution in [-0.4, -0.2) is 47.8 Å². The van der Waals surface area contributed by atoms with Gasteiger partial charge in [0.2, 0.25) is 0 Å². The molecule has 4 N–H and O–H groups in total. The molecule has 0 spiro atoms. The lowest BCUT2D eigenvalue weighted by Crippen LogP contribution is -2.45. The number of carbonyl (C=O) groups excluding carboxylic acids is 2. The first-order valence-corrected chi connectivity index (χ1v) is 11.5. The summed E-state index contributed by atoms with van der Waals surface area (Å²) in [5.41, 5.74) is 9.90. The molecule has 2 atom stereocenters. The van der Waals surface area contributed by atoms with E-state index in [2.05, 4.69) is 33.7 Å². The number of para-hydroxylation sites is 1. The lowest BCUT2D eigenvalue weighted by Gasteiger charge is -2.37. The number of hydrogen-bond acceptors (Lipinski definition) is 5. The summed E-state index contributed by atoms with van der Waals surface area (Å²) in [5.74, 6) is 0.147. The fraction of sp³-hybridized carbons (Fsp3) is 0.360. The van der Waals surface area contributed by atoms with E-state index in [1.54, 1.807) is 0 Å². The molecule has 0 radical (unpaired) electrons. The standard InChI is InChI=1S/C25H29N5O3/c26-24(31)33-23(14-21-19-8-4-5-9-20(19)22-15-27-16-30(21)22)17-10-12-29(13-11-17)25(32)28-18-6-2-1-3-7-18/h1-9,15,17,21,23,27H,10-14,16H2,(H2,26,31)(H,28,32). The zero-order chi connectivity index (χ0) is 22.8. The van der Waals surface area contributed by atoms with Crippen LogP contribution in [0.2, 0.25) is 0 Å². The van der Waals surface area contributed by atoms with Gasteiger partial charge in [0.05, 0.1) is 18.4 Å². The number of nitrogens with zero attached hydrogens (tertiary/aromatic N) is 2. The summed E-state index contributed by atoms with van der Waals surface area (Å²) in [6, 6.07) is 17.8. The number of carbonyl (C=O) groups is 2. The summed E-state index contributed by atoms with van der Waals surface area (Å²) in [6.45, 7) is 1.95. The predicted molar refractivity (Wildman–Crippen MR) is 126 cm³/mol. The van der Waals surface area contributed by atoms with Gasteiger partial charge in [-0.2, -0.15) is 0 Å². The molecule has 0 bridgehead atoms. The van der Waals surface area contributed by atoms with E-state index in [0.29, 0.717) is 19.5 Å². The predicted octanol–water partition coefficient (Wildman–Crippen LogP) is 3.70. The highest BCUT2D eigenvalue weighted by Gasteiger charge is 2.40. The molecule has 8 heteroatoms. The van der Waals surface area contributed by atoms with Gasteiger partial charge in [0.15, 0.2) is 0 Å². The van der Waals surface area contributed by atoms with Gasteiger partial charge in [-0.1, -0.05) is 42.5 Å². The number of urea groups is 1. The SMILES string of the molecule is NC(=O)OC(CC1c2ccccc2C2=CNCN21)C1CCN(C(=O)Nc2ccccc2)CC1. The third-order valence-corrected chi connectivity index (χ3v) is 6.88. The molecule has 2 aromatic rings. The molecule has 33 heavy (non-hydrogen) atoms. The third kappa shape index (κ3) is 4.33. The summed E-state index contributed by atoms with van der Waals surface area (Å²) in [7, 11) is 0. The van der Waals surface area contributed by atoms with E-state index in [4.69, 9.17) is 10.5 Å². The van der Waals surface area contributed by atoms with Crippen molar-refractivity contribution in [2.75, 3.05) is 25.1 Å². The summed E-state index contributed by atoms with van der Waals surface area (Å²) >= 11 is 0. The minimum absolute atomic E-state index is 0.102. The molecular weight excluding hydrogens is 418 g/mol. The zero-order valence-electron chi connectivity index (χ0n) is 18.4. The van der Waals surface area contributed by atoms with Crippen LogP contribution < -0.4 is 16.4 Å². The maximum atomic E-state index is 12.7. The maximum absolute atomic E-state index is 12.7. The maximum Gasteiger partial charge on any atom is 0.404 e. The number of nitrogens with one attached hydrogen (secondary N) is 2. The quantitative estimate of drug-likeness (QED) is 0.649. The van der Waals surface area contributed by atoms with Crippen LogP contribution in [0.15, 0.2) is 60.8 Å². The highest BCUT2D eigenvalue weighted by Crippen LogP contribution is 2.45. The Hall–Kier alpha value is -3.68. The Balaban J connectivity index is 1.25. The first-order chi connectivity index (χ1) is 16.1. The Kier molecular flexibility index (Phi) is 5.81. The van der Waals surface area contributed by atoms with E-state index in [0.717, 1.165) is 25.2 Å². The number of rotatable bonds is 5. The molecule has 0 aliphatic carbocycles. The van der Waals surface area contributed by atoms with Crippen molar-refractivity contribution < 1.29 is 14.3 Å². The number of benzene rings is 2. The molecule has 1 saturated heterocycles. The topological polar surface area (TPSA) is 99.9 Å². The molecule has 3 heterocycles. The van der Waals surface area contributed by atoms with Crippen LogP contribution in [-0.2, 0) is 4.74 Å². The van der Waals surface area contributed by atoms with E-state index < -0.39 is 6.09 Å². The van der Waals surface area contributed by atoms with Gasteiger partial charge in [-0.3, -0.25) is 0 Å². The number of fused-ring (bicyclic) bond motifs is 3. The first kappa shape index (κ1) is 21.2. The summed E-state index contributed by atoms with van der Waals surface area (Å²) in [5, 5.41) is 6.25. The van der Waals surface area contributed by atoms with Crippen molar-refractivity contribution in [1.29, 1.82) is 0 Å². The second kappa shape index (κ2) is 9.05. The second-order valence-electron chi connectivity index (χ2n) is 8.80. The van der Waals surface area contributed by atoms with Gasteiger partial charge < -0.3 is 30.9 Å². The van der Waals surface area contributed by atoms with E-state index in [1.807, 2.05) is 47.5 Å². The summed E-state index contributed by atoms with van der Waals surface area (Å²) in [6.07, 6.45) is 3.18. The van der Waals surface area contributed by atoms with Gasteiger partial charge in [0, 0.05) is 37.0 Å². The molecule has 2 aromatic carbocycles. The Morgan fingerprint density at radius 1 is 1.09 bits per heavy atom. The van der Waals surface area contributed by atoms with Crippen LogP contribution in [0, 0.1) is 5.92 Å². The Bertz CT molecular complexity index is 1050. The number of hydrogen-bond donors (Lipinski definition) is 3. The fourth-order valence-corrected chi connectivity index (χ4v) is 5.27. The van der Waals surface area contributed by atoms with Crippen molar-refractivity contribution in [1.82, 2.24) is 15.1 Å². The summed E-state index contributed by atoms with van der Waals surface area (Å²) < 4.78 is 5.66. The van der Waals surface area contributed by atoms with Crippen molar-refractivity contribution in [3.63, 3.8) is 0 Å². The van der Waals surface area contributed by atoms with Crippen LogP contribution in [0.5, 0.6) is 0 Å². The number of primary amides is 1. The average Bonchev–Trinajstić information content (AvgIpc) is 3.42. The lowest BCUT2D eigenvalue weighted by atomic mass is 9.86. The van der Waals surface area contributed by atoms with E-state index in [9.17, 15) is 9.59 Å². The first-order valence-electron chi connectivity index (χ1n) is 11.5. The number of likely N-dealkylation sites (tertiary alicyclic amines) is 1. The lowest BCUT2D eigenvalue weighted by molar-refractivity contribution is 0.0270. The molecular formula is C25H29N5O3. The molecule has 3 amide bonds. The second-order valence-corrected chi connectivity index (χ2v) is 8.80. The van der Waals surface area contributed by atoms with Crippen molar-refractivity contribution in [2.45, 2.75) is 31.4 Å². The minimum atomic E-state index is -0.745. The van der Waals surface area contributed by atoms with Crippen LogP contribution in [0.25, 0.3) is 5.70 Å². The molecule has 172 valence electrons. The summed E-state index contributed by atoms with van der Waals surface area (Å²) in [4.78, 5) is 28.6. The third-order valence-electron chi connectivity index (χ3n) is 6.88. The normalized spacial score (nSPS) is 20.4. The van der Waals surface area contributed by atoms with Crippen LogP contribution in [0.3, 0.4) is 0 Å². The van der Waals surface area contributed by atoms with Crippen LogP contribution in [0.1, 0.15) is 36.4 Å². The average molecular weight is 448 g/mol. The van der Waals surface area contributed by atoms with E-state index in [-0.39, 0.29) is 24.1 Å². The molecule has 3 aliphatic heterocycles. The van der Waals surface area contributed by atoms with E-state index in [1.165, 1.54) is 16.8 Å². The number of amides is 3. The Morgan fingerprint density at radius 3 is 2.58 bits per heavy atom. The molecule has 8 nitrogen and oxygen atoms in total.